The van der Waals surface area contributed by atoms with E-state index in [4.69, 9.17) is 0 Å². The van der Waals surface area contributed by atoms with Crippen LogP contribution in [0, 0.1) is 0 Å². The number of carbonyl (C=O) groups excluding carboxylic acids is 1. The van der Waals surface area contributed by atoms with Crippen molar-refractivity contribution >= 4 is 32.6 Å². The fourth-order valence-corrected chi connectivity index (χ4v) is 4.61. The molecule has 5 heteroatoms. The van der Waals surface area contributed by atoms with Gasteiger partial charge in [-0.3, -0.25) is 4.79 Å². The van der Waals surface area contributed by atoms with Gasteiger partial charge < -0.3 is 10.4 Å². The van der Waals surface area contributed by atoms with E-state index in [2.05, 4.69) is 70.9 Å². The van der Waals surface area contributed by atoms with Gasteiger partial charge in [-0.2, -0.15) is 0 Å². The Morgan fingerprint density at radius 1 is 1.00 bits per heavy atom. The van der Waals surface area contributed by atoms with E-state index >= 15 is 0 Å². The number of carbonyl (C=O) groups is 1. The lowest BCUT2D eigenvalue weighted by molar-refractivity contribution is -0.116. The zero-order valence-corrected chi connectivity index (χ0v) is 20.5. The number of nitrogens with zero attached hydrogens (tertiary/aromatic N) is 1. The van der Waals surface area contributed by atoms with Crippen LogP contribution in [0.4, 0.5) is 5.13 Å². The van der Waals surface area contributed by atoms with Crippen LogP contribution in [-0.4, -0.2) is 16.0 Å². The monoisotopic (exact) mass is 438 g/mol. The number of aromatic hydroxyl groups is 1. The Bertz CT molecular complexity index is 1070. The number of phenols is 1. The number of aromatic nitrogens is 1. The summed E-state index contributed by atoms with van der Waals surface area (Å²) in [5, 5.41) is 14.5. The molecule has 2 aromatic carbocycles. The molecule has 4 nitrogen and oxygen atoms in total. The number of anilines is 1. The largest absolute Gasteiger partial charge is 0.507 e. The molecule has 3 rings (SSSR count). The third-order valence-electron chi connectivity index (χ3n) is 5.53. The number of hydrogen-bond donors (Lipinski definition) is 2. The number of amides is 1. The van der Waals surface area contributed by atoms with Gasteiger partial charge in [0.15, 0.2) is 5.13 Å². The molecule has 0 bridgehead atoms. The van der Waals surface area contributed by atoms with E-state index in [-0.39, 0.29) is 16.7 Å². The zero-order valence-electron chi connectivity index (χ0n) is 19.7. The first-order valence-corrected chi connectivity index (χ1v) is 11.8. The third-order valence-corrected chi connectivity index (χ3v) is 6.47. The lowest BCUT2D eigenvalue weighted by atomic mass is 9.78. The minimum Gasteiger partial charge on any atom is -0.507 e. The topological polar surface area (TPSA) is 62.2 Å². The number of hydrogen-bond acceptors (Lipinski definition) is 4. The molecule has 0 unspecified atom stereocenters. The van der Waals surface area contributed by atoms with Gasteiger partial charge in [0.1, 0.15) is 5.75 Å². The first kappa shape index (κ1) is 23.3. The normalized spacial score (nSPS) is 12.4. The predicted molar refractivity (Wildman–Crippen MR) is 131 cm³/mol. The summed E-state index contributed by atoms with van der Waals surface area (Å²) >= 11 is 1.51. The van der Waals surface area contributed by atoms with Gasteiger partial charge in [-0.15, -0.1) is 0 Å². The summed E-state index contributed by atoms with van der Waals surface area (Å²) in [6, 6.07) is 10.3. The Labute approximate surface area is 189 Å². The van der Waals surface area contributed by atoms with Crippen molar-refractivity contribution in [3.8, 4) is 5.75 Å². The summed E-state index contributed by atoms with van der Waals surface area (Å²) in [6.07, 6.45) is 1.96. The molecule has 3 aromatic rings. The number of nitrogens with one attached hydrogen (secondary N) is 1. The third kappa shape index (κ3) is 5.45. The van der Waals surface area contributed by atoms with Crippen LogP contribution < -0.4 is 5.32 Å². The number of fused-ring (bicyclic) bond motifs is 1. The predicted octanol–water partition coefficient (Wildman–Crippen LogP) is 6.73. The van der Waals surface area contributed by atoms with E-state index in [0.29, 0.717) is 23.7 Å². The van der Waals surface area contributed by atoms with Crippen molar-refractivity contribution < 1.29 is 9.90 Å². The highest BCUT2D eigenvalue weighted by atomic mass is 32.1. The molecule has 0 aliphatic rings. The minimum atomic E-state index is -0.180. The molecule has 0 spiro atoms. The summed E-state index contributed by atoms with van der Waals surface area (Å²) < 4.78 is 1.10. The van der Waals surface area contributed by atoms with Gasteiger partial charge in [0.25, 0.3) is 0 Å². The number of phenolic OH excluding ortho intramolecular Hbond substituents is 1. The summed E-state index contributed by atoms with van der Waals surface area (Å²) in [5.74, 6) is 0.326. The first-order valence-electron chi connectivity index (χ1n) is 10.9. The molecule has 0 aliphatic heterocycles. The van der Waals surface area contributed by atoms with Gasteiger partial charge in [0, 0.05) is 6.42 Å². The van der Waals surface area contributed by atoms with Crippen LogP contribution in [0.25, 0.3) is 10.2 Å². The van der Waals surface area contributed by atoms with Crippen LogP contribution in [0.3, 0.4) is 0 Å². The highest BCUT2D eigenvalue weighted by Gasteiger charge is 2.26. The lowest BCUT2D eigenvalue weighted by Crippen LogP contribution is -2.18. The van der Waals surface area contributed by atoms with Gasteiger partial charge >= 0.3 is 0 Å². The second-order valence-corrected chi connectivity index (χ2v) is 11.3. The Balaban J connectivity index is 1.76. The standard InChI is InChI=1S/C26H34N2O2S/c1-8-16-9-11-20-21(15-16)31-24(27-20)28-22(29)12-10-17-13-18(25(2,3)4)23(30)19(14-17)26(5,6)7/h9,11,13-15,30H,8,10,12H2,1-7H3,(H,27,28,29). The Kier molecular flexibility index (Phi) is 6.47. The van der Waals surface area contributed by atoms with E-state index < -0.39 is 0 Å². The van der Waals surface area contributed by atoms with Crippen LogP contribution in [0.15, 0.2) is 30.3 Å². The summed E-state index contributed by atoms with van der Waals surface area (Å²) in [5.41, 5.74) is 4.74. The average molecular weight is 439 g/mol. The molecule has 1 heterocycles. The molecule has 2 N–H and O–H groups in total. The SMILES string of the molecule is CCc1ccc2nc(NC(=O)CCc3cc(C(C)(C)C)c(O)c(C(C)(C)C)c3)sc2c1. The highest BCUT2D eigenvalue weighted by Crippen LogP contribution is 2.40. The number of thiazole rings is 1. The van der Waals surface area contributed by atoms with Crippen molar-refractivity contribution in [3.63, 3.8) is 0 Å². The second kappa shape index (κ2) is 8.62. The molecule has 0 saturated heterocycles. The van der Waals surface area contributed by atoms with Gasteiger partial charge in [0.05, 0.1) is 10.2 Å². The minimum absolute atomic E-state index is 0.0440. The maximum atomic E-state index is 12.6. The molecular weight excluding hydrogens is 404 g/mol. The Morgan fingerprint density at radius 3 is 2.16 bits per heavy atom. The number of benzene rings is 2. The smallest absolute Gasteiger partial charge is 0.226 e. The van der Waals surface area contributed by atoms with Crippen molar-refractivity contribution in [1.29, 1.82) is 0 Å². The van der Waals surface area contributed by atoms with Crippen LogP contribution in [-0.2, 0) is 28.5 Å². The molecule has 1 aromatic heterocycles. The fourth-order valence-electron chi connectivity index (χ4n) is 3.66. The molecular formula is C26H34N2O2S. The molecule has 1 amide bonds. The molecule has 0 atom stereocenters. The van der Waals surface area contributed by atoms with Crippen molar-refractivity contribution in [1.82, 2.24) is 4.98 Å². The van der Waals surface area contributed by atoms with Gasteiger partial charge in [-0.05, 0) is 58.1 Å². The Hall–Kier alpha value is -2.40. The van der Waals surface area contributed by atoms with Crippen molar-refractivity contribution in [2.45, 2.75) is 78.6 Å². The van der Waals surface area contributed by atoms with Crippen molar-refractivity contribution in [2.75, 3.05) is 5.32 Å². The van der Waals surface area contributed by atoms with Crippen LogP contribution in [0.2, 0.25) is 0 Å². The summed E-state index contributed by atoms with van der Waals surface area (Å²) in [7, 11) is 0. The van der Waals surface area contributed by atoms with E-state index in [1.54, 1.807) is 0 Å². The Morgan fingerprint density at radius 2 is 1.61 bits per heavy atom. The average Bonchev–Trinajstić information content (AvgIpc) is 3.06. The molecule has 166 valence electrons. The van der Waals surface area contributed by atoms with Crippen LogP contribution >= 0.6 is 11.3 Å². The van der Waals surface area contributed by atoms with Crippen molar-refractivity contribution in [2.24, 2.45) is 0 Å². The molecule has 0 saturated carbocycles. The maximum absolute atomic E-state index is 12.6. The van der Waals surface area contributed by atoms with E-state index in [1.807, 2.05) is 18.2 Å². The van der Waals surface area contributed by atoms with Gasteiger partial charge in [0.2, 0.25) is 5.91 Å². The highest BCUT2D eigenvalue weighted by molar-refractivity contribution is 7.22. The van der Waals surface area contributed by atoms with E-state index in [9.17, 15) is 9.90 Å². The molecule has 0 radical (unpaired) electrons. The lowest BCUT2D eigenvalue weighted by Gasteiger charge is -2.28. The quantitative estimate of drug-likeness (QED) is 0.464. The summed E-state index contributed by atoms with van der Waals surface area (Å²) in [6.45, 7) is 14.7. The van der Waals surface area contributed by atoms with E-state index in [1.165, 1.54) is 16.9 Å². The summed E-state index contributed by atoms with van der Waals surface area (Å²) in [4.78, 5) is 17.2. The fraction of sp³-hybridized carbons (Fsp3) is 0.462. The van der Waals surface area contributed by atoms with Gasteiger partial charge in [-0.1, -0.05) is 78.0 Å². The molecule has 0 aliphatic carbocycles. The van der Waals surface area contributed by atoms with Gasteiger partial charge in [-0.25, -0.2) is 4.98 Å². The zero-order chi connectivity index (χ0) is 23.0. The number of aryl methyl sites for hydroxylation is 2. The molecule has 0 fully saturated rings. The second-order valence-electron chi connectivity index (χ2n) is 10.3. The van der Waals surface area contributed by atoms with Crippen molar-refractivity contribution in [3.05, 3.63) is 52.6 Å². The van der Waals surface area contributed by atoms with E-state index in [0.717, 1.165) is 33.3 Å². The first-order chi connectivity index (χ1) is 14.4. The van der Waals surface area contributed by atoms with Crippen LogP contribution in [0.1, 0.15) is 77.1 Å². The van der Waals surface area contributed by atoms with Crippen LogP contribution in [0.5, 0.6) is 5.75 Å². The molecule has 31 heavy (non-hydrogen) atoms. The maximum Gasteiger partial charge on any atom is 0.226 e. The number of rotatable bonds is 5.